The Kier molecular flexibility index (Phi) is 5.36. The molecule has 5 nitrogen and oxygen atoms in total. The van der Waals surface area contributed by atoms with Crippen LogP contribution in [0.25, 0.3) is 0 Å². The Morgan fingerprint density at radius 1 is 0.931 bits per heavy atom. The summed E-state index contributed by atoms with van der Waals surface area (Å²) in [4.78, 5) is 14.7. The summed E-state index contributed by atoms with van der Waals surface area (Å²) in [6.45, 7) is 0.612. The van der Waals surface area contributed by atoms with Gasteiger partial charge in [-0.2, -0.15) is 0 Å². The molecule has 1 aliphatic heterocycles. The third-order valence-corrected chi connectivity index (χ3v) is 6.20. The molecule has 0 saturated carbocycles. The molecule has 0 fully saturated rings. The zero-order valence-electron chi connectivity index (χ0n) is 15.9. The quantitative estimate of drug-likeness (QED) is 0.690. The smallest absolute Gasteiger partial charge is 0.258 e. The Hall–Kier alpha value is -3.12. The largest absolute Gasteiger partial charge is 0.308 e. The lowest BCUT2D eigenvalue weighted by molar-refractivity contribution is 0.0985. The van der Waals surface area contributed by atoms with Crippen LogP contribution < -0.4 is 9.62 Å². The molecular formula is C23H22N2O3S. The Balaban J connectivity index is 1.59. The van der Waals surface area contributed by atoms with E-state index in [0.717, 1.165) is 29.7 Å². The number of carbonyl (C=O) groups excluding carboxylic acids is 1. The SMILES string of the molecule is O=C(c1ccccc1)N1CCCc2ccc(NS(=O)(=O)Cc3ccccc3)cc21. The van der Waals surface area contributed by atoms with Crippen molar-refractivity contribution in [2.75, 3.05) is 16.2 Å². The van der Waals surface area contributed by atoms with Crippen molar-refractivity contribution in [1.29, 1.82) is 0 Å². The van der Waals surface area contributed by atoms with Crippen LogP contribution in [-0.2, 0) is 22.2 Å². The molecule has 1 heterocycles. The summed E-state index contributed by atoms with van der Waals surface area (Å²) in [6, 6.07) is 23.6. The number of benzene rings is 3. The first-order chi connectivity index (χ1) is 14.0. The summed E-state index contributed by atoms with van der Waals surface area (Å²) in [5.41, 5.74) is 3.62. The van der Waals surface area contributed by atoms with Crippen LogP contribution in [0.5, 0.6) is 0 Å². The zero-order valence-corrected chi connectivity index (χ0v) is 16.7. The molecule has 4 rings (SSSR count). The molecule has 0 saturated heterocycles. The lowest BCUT2D eigenvalue weighted by atomic mass is 10.00. The third kappa shape index (κ3) is 4.49. The number of nitrogens with one attached hydrogen (secondary N) is 1. The fourth-order valence-electron chi connectivity index (χ4n) is 3.59. The Morgan fingerprint density at radius 2 is 1.62 bits per heavy atom. The molecule has 1 aliphatic rings. The third-order valence-electron chi connectivity index (χ3n) is 4.94. The average molecular weight is 407 g/mol. The van der Waals surface area contributed by atoms with Crippen molar-refractivity contribution in [3.8, 4) is 0 Å². The molecule has 3 aromatic carbocycles. The van der Waals surface area contributed by atoms with E-state index in [4.69, 9.17) is 0 Å². The summed E-state index contributed by atoms with van der Waals surface area (Å²) in [7, 11) is -3.56. The Bertz CT molecular complexity index is 1110. The van der Waals surface area contributed by atoms with Crippen molar-refractivity contribution < 1.29 is 13.2 Å². The summed E-state index contributed by atoms with van der Waals surface area (Å²) >= 11 is 0. The zero-order chi connectivity index (χ0) is 20.3. The number of hydrogen-bond donors (Lipinski definition) is 1. The van der Waals surface area contributed by atoms with Gasteiger partial charge in [0.2, 0.25) is 10.0 Å². The van der Waals surface area contributed by atoms with Gasteiger partial charge in [-0.15, -0.1) is 0 Å². The van der Waals surface area contributed by atoms with Gasteiger partial charge in [-0.05, 0) is 48.2 Å². The standard InChI is InChI=1S/C23H22N2O3S/c26-23(20-10-5-2-6-11-20)25-15-7-12-19-13-14-21(16-22(19)25)24-29(27,28)17-18-8-3-1-4-9-18/h1-6,8-11,13-14,16,24H,7,12,15,17H2. The second kappa shape index (κ2) is 8.09. The highest BCUT2D eigenvalue weighted by atomic mass is 32.2. The summed E-state index contributed by atoms with van der Waals surface area (Å²) in [5.74, 6) is -0.173. The molecule has 3 aromatic rings. The summed E-state index contributed by atoms with van der Waals surface area (Å²) < 4.78 is 27.8. The summed E-state index contributed by atoms with van der Waals surface area (Å²) in [6.07, 6.45) is 1.75. The highest BCUT2D eigenvalue weighted by Gasteiger charge is 2.24. The number of fused-ring (bicyclic) bond motifs is 1. The first-order valence-electron chi connectivity index (χ1n) is 9.56. The lowest BCUT2D eigenvalue weighted by Gasteiger charge is -2.30. The number of carbonyl (C=O) groups is 1. The van der Waals surface area contributed by atoms with E-state index < -0.39 is 10.0 Å². The van der Waals surface area contributed by atoms with E-state index in [0.29, 0.717) is 17.8 Å². The average Bonchev–Trinajstić information content (AvgIpc) is 2.73. The number of rotatable bonds is 5. The minimum absolute atomic E-state index is 0.0733. The van der Waals surface area contributed by atoms with Gasteiger partial charge in [0.1, 0.15) is 0 Å². The van der Waals surface area contributed by atoms with Crippen LogP contribution >= 0.6 is 0 Å². The molecule has 1 N–H and O–H groups in total. The topological polar surface area (TPSA) is 66.5 Å². The molecule has 0 aromatic heterocycles. The predicted molar refractivity (Wildman–Crippen MR) is 116 cm³/mol. The maximum atomic E-state index is 13.0. The molecule has 0 bridgehead atoms. The Labute approximate surface area is 171 Å². The first kappa shape index (κ1) is 19.2. The van der Waals surface area contributed by atoms with Crippen molar-refractivity contribution in [2.45, 2.75) is 18.6 Å². The van der Waals surface area contributed by atoms with E-state index in [2.05, 4.69) is 4.72 Å². The van der Waals surface area contributed by atoms with E-state index in [-0.39, 0.29) is 11.7 Å². The monoisotopic (exact) mass is 406 g/mol. The van der Waals surface area contributed by atoms with Gasteiger partial charge in [0.05, 0.1) is 11.4 Å². The van der Waals surface area contributed by atoms with Crippen LogP contribution in [0.4, 0.5) is 11.4 Å². The van der Waals surface area contributed by atoms with Crippen LogP contribution in [-0.4, -0.2) is 20.9 Å². The van der Waals surface area contributed by atoms with Crippen molar-refractivity contribution in [3.63, 3.8) is 0 Å². The van der Waals surface area contributed by atoms with E-state index in [1.807, 2.05) is 42.5 Å². The second-order valence-corrected chi connectivity index (χ2v) is 8.84. The van der Waals surface area contributed by atoms with E-state index in [1.165, 1.54) is 0 Å². The van der Waals surface area contributed by atoms with Crippen LogP contribution in [0.2, 0.25) is 0 Å². The lowest BCUT2D eigenvalue weighted by Crippen LogP contribution is -2.35. The van der Waals surface area contributed by atoms with Crippen LogP contribution in [0.15, 0.2) is 78.9 Å². The Morgan fingerprint density at radius 3 is 2.34 bits per heavy atom. The van der Waals surface area contributed by atoms with Gasteiger partial charge >= 0.3 is 0 Å². The maximum Gasteiger partial charge on any atom is 0.258 e. The normalized spacial score (nSPS) is 13.6. The van der Waals surface area contributed by atoms with Crippen LogP contribution in [0.1, 0.15) is 27.9 Å². The molecule has 1 amide bonds. The minimum atomic E-state index is -3.56. The predicted octanol–water partition coefficient (Wildman–Crippen LogP) is 4.22. The van der Waals surface area contributed by atoms with Gasteiger partial charge in [0.15, 0.2) is 0 Å². The van der Waals surface area contributed by atoms with Gasteiger partial charge in [-0.25, -0.2) is 8.42 Å². The summed E-state index contributed by atoms with van der Waals surface area (Å²) in [5, 5.41) is 0. The van der Waals surface area contributed by atoms with Gasteiger partial charge < -0.3 is 4.90 Å². The second-order valence-electron chi connectivity index (χ2n) is 7.12. The molecule has 6 heteroatoms. The van der Waals surface area contributed by atoms with Gasteiger partial charge in [0, 0.05) is 17.8 Å². The maximum absolute atomic E-state index is 13.0. The number of aryl methyl sites for hydroxylation is 1. The molecule has 0 radical (unpaired) electrons. The molecule has 0 spiro atoms. The number of nitrogens with zero attached hydrogens (tertiary/aromatic N) is 1. The van der Waals surface area contributed by atoms with Crippen molar-refractivity contribution in [1.82, 2.24) is 0 Å². The number of hydrogen-bond acceptors (Lipinski definition) is 3. The van der Waals surface area contributed by atoms with Crippen LogP contribution in [0.3, 0.4) is 0 Å². The molecule has 148 valence electrons. The van der Waals surface area contributed by atoms with Crippen molar-refractivity contribution in [2.24, 2.45) is 0 Å². The fraction of sp³-hybridized carbons (Fsp3) is 0.174. The van der Waals surface area contributed by atoms with E-state index in [9.17, 15) is 13.2 Å². The number of amides is 1. The molecular weight excluding hydrogens is 384 g/mol. The van der Waals surface area contributed by atoms with Gasteiger partial charge in [-0.1, -0.05) is 54.6 Å². The number of anilines is 2. The van der Waals surface area contributed by atoms with E-state index in [1.54, 1.807) is 41.3 Å². The minimum Gasteiger partial charge on any atom is -0.308 e. The fourth-order valence-corrected chi connectivity index (χ4v) is 4.78. The molecule has 0 aliphatic carbocycles. The number of sulfonamides is 1. The first-order valence-corrected chi connectivity index (χ1v) is 11.2. The molecule has 0 unspecified atom stereocenters. The van der Waals surface area contributed by atoms with E-state index >= 15 is 0 Å². The van der Waals surface area contributed by atoms with Gasteiger partial charge in [-0.3, -0.25) is 9.52 Å². The van der Waals surface area contributed by atoms with Crippen LogP contribution in [0, 0.1) is 0 Å². The molecule has 29 heavy (non-hydrogen) atoms. The van der Waals surface area contributed by atoms with Crippen molar-refractivity contribution >= 4 is 27.3 Å². The highest BCUT2D eigenvalue weighted by Crippen LogP contribution is 2.31. The van der Waals surface area contributed by atoms with Gasteiger partial charge in [0.25, 0.3) is 5.91 Å². The van der Waals surface area contributed by atoms with Crippen molar-refractivity contribution in [3.05, 3.63) is 95.6 Å². The molecule has 0 atom stereocenters. The highest BCUT2D eigenvalue weighted by molar-refractivity contribution is 7.91.